The number of amides is 1. The van der Waals surface area contributed by atoms with Gasteiger partial charge < -0.3 is 14.2 Å². The highest BCUT2D eigenvalue weighted by molar-refractivity contribution is 6.30. The number of para-hydroxylation sites is 1. The summed E-state index contributed by atoms with van der Waals surface area (Å²) < 4.78 is 16.1. The zero-order chi connectivity index (χ0) is 19.3. The van der Waals surface area contributed by atoms with Gasteiger partial charge in [0.1, 0.15) is 11.4 Å². The second-order valence-corrected chi connectivity index (χ2v) is 7.05. The maximum atomic E-state index is 12.1. The fourth-order valence-corrected chi connectivity index (χ4v) is 2.61. The van der Waals surface area contributed by atoms with Crippen LogP contribution in [0.4, 0.5) is 10.6 Å². The maximum absolute atomic E-state index is 12.1. The molecule has 140 valence electrons. The van der Waals surface area contributed by atoms with Gasteiger partial charge in [-0.3, -0.25) is 5.32 Å². The van der Waals surface area contributed by atoms with Crippen molar-refractivity contribution in [1.29, 1.82) is 0 Å². The molecule has 0 spiro atoms. The molecular weight excluding hydrogens is 356 g/mol. The lowest BCUT2D eigenvalue weighted by Crippen LogP contribution is -2.27. The molecule has 1 aromatic heterocycles. The average molecular weight is 379 g/mol. The molecular formula is C19H23ClN2O4. The topological polar surface area (TPSA) is 69.7 Å². The number of methoxy groups -OCH3 is 2. The molecule has 0 bridgehead atoms. The Morgan fingerprint density at radius 1 is 1.19 bits per heavy atom. The number of benzene rings is 1. The van der Waals surface area contributed by atoms with Gasteiger partial charge in [-0.25, -0.2) is 9.78 Å². The van der Waals surface area contributed by atoms with Crippen molar-refractivity contribution >= 4 is 23.5 Å². The number of nitrogens with zero attached hydrogens (tertiary/aromatic N) is 1. The third kappa shape index (κ3) is 5.26. The summed E-state index contributed by atoms with van der Waals surface area (Å²) in [6.07, 6.45) is 1.34. The van der Waals surface area contributed by atoms with Gasteiger partial charge in [0.15, 0.2) is 11.5 Å². The molecule has 0 aliphatic rings. The zero-order valence-electron chi connectivity index (χ0n) is 15.6. The lowest BCUT2D eigenvalue weighted by molar-refractivity contribution is 0.0635. The first-order chi connectivity index (χ1) is 12.2. The molecule has 1 amide bonds. The number of hydrogen-bond acceptors (Lipinski definition) is 5. The van der Waals surface area contributed by atoms with Crippen molar-refractivity contribution in [3.63, 3.8) is 0 Å². The predicted molar refractivity (Wildman–Crippen MR) is 101 cm³/mol. The molecule has 2 aromatic rings. The Bertz CT molecular complexity index is 788. The second-order valence-electron chi connectivity index (χ2n) is 6.62. The van der Waals surface area contributed by atoms with Crippen molar-refractivity contribution in [1.82, 2.24) is 4.98 Å². The van der Waals surface area contributed by atoms with E-state index in [4.69, 9.17) is 25.8 Å². The van der Waals surface area contributed by atoms with Crippen LogP contribution in [0.3, 0.4) is 0 Å². The fourth-order valence-electron chi connectivity index (χ4n) is 2.43. The highest BCUT2D eigenvalue weighted by Crippen LogP contribution is 2.33. The number of halogens is 1. The largest absolute Gasteiger partial charge is 0.493 e. The summed E-state index contributed by atoms with van der Waals surface area (Å²) in [6.45, 7) is 5.39. The Morgan fingerprint density at radius 3 is 2.54 bits per heavy atom. The monoisotopic (exact) mass is 378 g/mol. The van der Waals surface area contributed by atoms with E-state index in [-0.39, 0.29) is 0 Å². The number of ether oxygens (including phenoxy) is 3. The summed E-state index contributed by atoms with van der Waals surface area (Å²) in [5.41, 5.74) is 1.00. The number of carbonyl (C=O) groups excluding carboxylic acids is 1. The van der Waals surface area contributed by atoms with E-state index >= 15 is 0 Å². The van der Waals surface area contributed by atoms with Gasteiger partial charge in [0.25, 0.3) is 0 Å². The third-order valence-corrected chi connectivity index (χ3v) is 3.62. The minimum atomic E-state index is -0.604. The van der Waals surface area contributed by atoms with Gasteiger partial charge in [-0.05, 0) is 32.9 Å². The van der Waals surface area contributed by atoms with E-state index < -0.39 is 11.7 Å². The first kappa shape index (κ1) is 19.8. The van der Waals surface area contributed by atoms with Crippen LogP contribution < -0.4 is 14.8 Å². The number of anilines is 1. The van der Waals surface area contributed by atoms with Gasteiger partial charge in [0, 0.05) is 23.7 Å². The molecule has 0 aliphatic heterocycles. The number of rotatable bonds is 5. The summed E-state index contributed by atoms with van der Waals surface area (Å²) in [6, 6.07) is 7.35. The minimum absolute atomic E-state index is 0.383. The zero-order valence-corrected chi connectivity index (χ0v) is 16.3. The minimum Gasteiger partial charge on any atom is -0.493 e. The van der Waals surface area contributed by atoms with Crippen LogP contribution in [0.1, 0.15) is 31.9 Å². The SMILES string of the molecule is COc1cccc(Cc2cc(Cl)cnc2NC(=O)OC(C)(C)C)c1OC. The molecule has 0 atom stereocenters. The quantitative estimate of drug-likeness (QED) is 0.817. The van der Waals surface area contributed by atoms with Gasteiger partial charge >= 0.3 is 6.09 Å². The molecule has 1 heterocycles. The Labute approximate surface area is 158 Å². The van der Waals surface area contributed by atoms with Gasteiger partial charge in [0.05, 0.1) is 19.2 Å². The van der Waals surface area contributed by atoms with E-state index in [2.05, 4.69) is 10.3 Å². The molecule has 0 saturated carbocycles. The van der Waals surface area contributed by atoms with Crippen molar-refractivity contribution in [2.75, 3.05) is 19.5 Å². The summed E-state index contributed by atoms with van der Waals surface area (Å²) in [7, 11) is 3.16. The molecule has 0 saturated heterocycles. The Kier molecular flexibility index (Phi) is 6.32. The standard InChI is InChI=1S/C19H23ClN2O4/c1-19(2,3)26-18(23)22-17-13(10-14(20)11-21-17)9-12-7-6-8-15(24-4)16(12)25-5/h6-8,10-11H,9H2,1-5H3,(H,21,22,23). The van der Waals surface area contributed by atoms with Crippen LogP contribution in [0.5, 0.6) is 11.5 Å². The second kappa shape index (κ2) is 8.27. The van der Waals surface area contributed by atoms with Crippen molar-refractivity contribution in [2.24, 2.45) is 0 Å². The Balaban J connectivity index is 2.33. The summed E-state index contributed by atoms with van der Waals surface area (Å²) in [5.74, 6) is 1.63. The highest BCUT2D eigenvalue weighted by Gasteiger charge is 2.19. The van der Waals surface area contributed by atoms with Gasteiger partial charge in [-0.2, -0.15) is 0 Å². The van der Waals surface area contributed by atoms with E-state index in [0.29, 0.717) is 28.8 Å². The van der Waals surface area contributed by atoms with Crippen LogP contribution in [0.25, 0.3) is 0 Å². The van der Waals surface area contributed by atoms with Crippen LogP contribution in [-0.4, -0.2) is 30.9 Å². The lowest BCUT2D eigenvalue weighted by atomic mass is 10.0. The highest BCUT2D eigenvalue weighted by atomic mass is 35.5. The molecule has 2 rings (SSSR count). The molecule has 6 nitrogen and oxygen atoms in total. The molecule has 0 fully saturated rings. The Morgan fingerprint density at radius 2 is 1.92 bits per heavy atom. The number of nitrogens with one attached hydrogen (secondary N) is 1. The van der Waals surface area contributed by atoms with E-state index in [0.717, 1.165) is 11.1 Å². The summed E-state index contributed by atoms with van der Waals surface area (Å²) in [4.78, 5) is 16.3. The molecule has 1 N–H and O–H groups in total. The van der Waals surface area contributed by atoms with E-state index in [9.17, 15) is 4.79 Å². The molecule has 0 radical (unpaired) electrons. The number of pyridine rings is 1. The lowest BCUT2D eigenvalue weighted by Gasteiger charge is -2.20. The summed E-state index contributed by atoms with van der Waals surface area (Å²) >= 11 is 6.10. The average Bonchev–Trinajstić information content (AvgIpc) is 2.55. The number of hydrogen-bond donors (Lipinski definition) is 1. The Hall–Kier alpha value is -2.47. The van der Waals surface area contributed by atoms with Gasteiger partial charge in [0.2, 0.25) is 0 Å². The van der Waals surface area contributed by atoms with Crippen LogP contribution in [0.15, 0.2) is 30.5 Å². The van der Waals surface area contributed by atoms with E-state index in [1.54, 1.807) is 41.1 Å². The molecule has 1 aromatic carbocycles. The normalized spacial score (nSPS) is 11.0. The summed E-state index contributed by atoms with van der Waals surface area (Å²) in [5, 5.41) is 3.15. The molecule has 0 aliphatic carbocycles. The third-order valence-electron chi connectivity index (χ3n) is 3.42. The van der Waals surface area contributed by atoms with Gasteiger partial charge in [-0.15, -0.1) is 0 Å². The van der Waals surface area contributed by atoms with Crippen LogP contribution >= 0.6 is 11.6 Å². The molecule has 0 unspecified atom stereocenters. The number of carbonyl (C=O) groups is 1. The predicted octanol–water partition coefficient (Wildman–Crippen LogP) is 4.69. The first-order valence-corrected chi connectivity index (χ1v) is 8.45. The van der Waals surface area contributed by atoms with Crippen LogP contribution in [0, 0.1) is 0 Å². The van der Waals surface area contributed by atoms with Crippen LogP contribution in [0.2, 0.25) is 5.02 Å². The van der Waals surface area contributed by atoms with Gasteiger partial charge in [-0.1, -0.05) is 23.7 Å². The fraction of sp³-hybridized carbons (Fsp3) is 0.368. The molecule has 26 heavy (non-hydrogen) atoms. The van der Waals surface area contributed by atoms with Crippen molar-refractivity contribution in [3.8, 4) is 11.5 Å². The number of aromatic nitrogens is 1. The van der Waals surface area contributed by atoms with Crippen LogP contribution in [-0.2, 0) is 11.2 Å². The smallest absolute Gasteiger partial charge is 0.413 e. The maximum Gasteiger partial charge on any atom is 0.413 e. The van der Waals surface area contributed by atoms with E-state index in [1.807, 2.05) is 18.2 Å². The first-order valence-electron chi connectivity index (χ1n) is 8.08. The van der Waals surface area contributed by atoms with Crippen molar-refractivity contribution in [2.45, 2.75) is 32.8 Å². The molecule has 7 heteroatoms. The van der Waals surface area contributed by atoms with E-state index in [1.165, 1.54) is 6.20 Å². The van der Waals surface area contributed by atoms with Crippen molar-refractivity contribution < 1.29 is 19.0 Å². The van der Waals surface area contributed by atoms with Crippen molar-refractivity contribution in [3.05, 3.63) is 46.6 Å².